The van der Waals surface area contributed by atoms with E-state index in [1.54, 1.807) is 35.1 Å². The van der Waals surface area contributed by atoms with E-state index in [9.17, 15) is 9.18 Å². The zero-order valence-corrected chi connectivity index (χ0v) is 16.9. The number of hydrogen-bond acceptors (Lipinski definition) is 8. The molecule has 0 radical (unpaired) electrons. The molecule has 0 fully saturated rings. The predicted molar refractivity (Wildman–Crippen MR) is 112 cm³/mol. The van der Waals surface area contributed by atoms with Crippen molar-refractivity contribution in [3.05, 3.63) is 71.2 Å². The van der Waals surface area contributed by atoms with Crippen LogP contribution in [0.1, 0.15) is 17.4 Å². The second-order valence-corrected chi connectivity index (χ2v) is 6.86. The summed E-state index contributed by atoms with van der Waals surface area (Å²) in [6.07, 6.45) is 0.276. The first kappa shape index (κ1) is 20.1. The van der Waals surface area contributed by atoms with Crippen LogP contribution in [0.25, 0.3) is 11.0 Å². The lowest BCUT2D eigenvalue weighted by atomic mass is 10.2. The van der Waals surface area contributed by atoms with Crippen LogP contribution >= 0.6 is 0 Å². The van der Waals surface area contributed by atoms with Crippen LogP contribution in [0.4, 0.5) is 9.18 Å². The molecule has 0 saturated carbocycles. The number of carbonyl (C=O) groups excluding carboxylic acids is 1. The largest absolute Gasteiger partial charge is 0.452 e. The van der Waals surface area contributed by atoms with Crippen molar-refractivity contribution in [3.8, 4) is 0 Å². The lowest BCUT2D eigenvalue weighted by molar-refractivity contribution is 0.144. The summed E-state index contributed by atoms with van der Waals surface area (Å²) in [7, 11) is 2.73. The normalized spacial score (nSPS) is 16.1. The van der Waals surface area contributed by atoms with Gasteiger partial charge < -0.3 is 21.5 Å². The van der Waals surface area contributed by atoms with E-state index in [1.807, 2.05) is 6.07 Å². The number of aromatic nitrogens is 3. The maximum Gasteiger partial charge on any atom is 0.413 e. The fourth-order valence-electron chi connectivity index (χ4n) is 3.43. The molecule has 2 aromatic heterocycles. The van der Waals surface area contributed by atoms with Gasteiger partial charge in [-0.05, 0) is 18.2 Å². The Hall–Kier alpha value is -4.15. The number of ether oxygens (including phenoxy) is 1. The van der Waals surface area contributed by atoms with Crippen LogP contribution in [0.5, 0.6) is 0 Å². The Morgan fingerprint density at radius 2 is 2.06 bits per heavy atom. The number of benzene rings is 1. The SMILES string of the molecule is COC(=O)N(C)C1=C(N)NC(c2nn(Cc3ccccc3F)c3ncccc23)N=C1N. The fourth-order valence-corrected chi connectivity index (χ4v) is 3.43. The van der Waals surface area contributed by atoms with Crippen molar-refractivity contribution >= 4 is 23.0 Å². The van der Waals surface area contributed by atoms with Crippen molar-refractivity contribution in [3.63, 3.8) is 0 Å². The highest BCUT2D eigenvalue weighted by atomic mass is 19.1. The molecule has 1 atom stereocenters. The summed E-state index contributed by atoms with van der Waals surface area (Å²) < 4.78 is 20.5. The standard InChI is InChI=1S/C20H21FN8O2/c1-28(20(30)31-2)15-16(22)25-18(26-17(15)23)14-12-7-5-9-24-19(12)29(27-14)10-11-6-3-4-8-13(11)21/h3-9,18,25H,10,22H2,1-2H3,(H2,23,26). The highest BCUT2D eigenvalue weighted by molar-refractivity contribution is 6.00. The van der Waals surface area contributed by atoms with Crippen LogP contribution in [0.15, 0.2) is 59.1 Å². The van der Waals surface area contributed by atoms with Gasteiger partial charge in [0.05, 0.1) is 13.7 Å². The number of hydrogen-bond donors (Lipinski definition) is 3. The van der Waals surface area contributed by atoms with Crippen LogP contribution in [-0.2, 0) is 11.3 Å². The zero-order chi connectivity index (χ0) is 22.1. The average Bonchev–Trinajstić information content (AvgIpc) is 3.12. The fraction of sp³-hybridized carbons (Fsp3) is 0.200. The number of nitrogens with zero attached hydrogens (tertiary/aromatic N) is 5. The Balaban J connectivity index is 1.72. The number of pyridine rings is 1. The summed E-state index contributed by atoms with van der Waals surface area (Å²) in [6, 6.07) is 10.1. The highest BCUT2D eigenvalue weighted by Gasteiger charge is 2.29. The molecule has 11 heteroatoms. The van der Waals surface area contributed by atoms with Gasteiger partial charge in [0.25, 0.3) is 0 Å². The van der Waals surface area contributed by atoms with Gasteiger partial charge in [-0.25, -0.2) is 23.8 Å². The van der Waals surface area contributed by atoms with E-state index in [2.05, 4.69) is 20.4 Å². The van der Waals surface area contributed by atoms with E-state index in [1.165, 1.54) is 20.2 Å². The Bertz CT molecular complexity index is 1220. The second kappa shape index (κ2) is 7.94. The summed E-state index contributed by atoms with van der Waals surface area (Å²) in [5.74, 6) is -0.134. The molecule has 1 unspecified atom stereocenters. The maximum atomic E-state index is 14.2. The van der Waals surface area contributed by atoms with Gasteiger partial charge >= 0.3 is 6.09 Å². The Morgan fingerprint density at radius 1 is 1.29 bits per heavy atom. The molecule has 1 aromatic carbocycles. The number of amidine groups is 1. The maximum absolute atomic E-state index is 14.2. The van der Waals surface area contributed by atoms with Crippen LogP contribution in [0.2, 0.25) is 0 Å². The third kappa shape index (κ3) is 3.61. The number of likely N-dealkylation sites (N-methyl/N-ethyl adjacent to an activating group) is 1. The number of methoxy groups -OCH3 is 1. The minimum atomic E-state index is -0.719. The molecule has 4 rings (SSSR count). The lowest BCUT2D eigenvalue weighted by Gasteiger charge is -2.27. The van der Waals surface area contributed by atoms with Gasteiger partial charge in [-0.2, -0.15) is 5.10 Å². The first-order chi connectivity index (χ1) is 14.9. The van der Waals surface area contributed by atoms with E-state index in [-0.39, 0.29) is 29.7 Å². The summed E-state index contributed by atoms with van der Waals surface area (Å²) >= 11 is 0. The first-order valence-corrected chi connectivity index (χ1v) is 9.37. The third-order valence-corrected chi connectivity index (χ3v) is 4.91. The van der Waals surface area contributed by atoms with Crippen LogP contribution in [0.3, 0.4) is 0 Å². The number of rotatable bonds is 4. The highest BCUT2D eigenvalue weighted by Crippen LogP contribution is 2.27. The molecule has 0 aliphatic carbocycles. The molecule has 0 spiro atoms. The van der Waals surface area contributed by atoms with E-state index in [0.717, 1.165) is 4.90 Å². The molecule has 10 nitrogen and oxygen atoms in total. The van der Waals surface area contributed by atoms with Crippen molar-refractivity contribution in [1.29, 1.82) is 0 Å². The summed E-state index contributed by atoms with van der Waals surface area (Å²) in [6.45, 7) is 0.188. The van der Waals surface area contributed by atoms with Gasteiger partial charge in [-0.15, -0.1) is 0 Å². The molecule has 0 saturated heterocycles. The summed E-state index contributed by atoms with van der Waals surface area (Å²) in [4.78, 5) is 21.8. The van der Waals surface area contributed by atoms with E-state index in [4.69, 9.17) is 16.2 Å². The molecule has 5 N–H and O–H groups in total. The van der Waals surface area contributed by atoms with Gasteiger partial charge in [0.2, 0.25) is 0 Å². The molecule has 3 heterocycles. The molecule has 1 amide bonds. The lowest BCUT2D eigenvalue weighted by Crippen LogP contribution is -2.43. The molecular weight excluding hydrogens is 403 g/mol. The molecule has 0 bridgehead atoms. The molecule has 3 aromatic rings. The minimum Gasteiger partial charge on any atom is -0.452 e. The van der Waals surface area contributed by atoms with Crippen molar-refractivity contribution in [2.75, 3.05) is 14.2 Å². The van der Waals surface area contributed by atoms with Crippen molar-refractivity contribution in [1.82, 2.24) is 25.0 Å². The number of halogens is 1. The Morgan fingerprint density at radius 3 is 2.77 bits per heavy atom. The van der Waals surface area contributed by atoms with Gasteiger partial charge in [-0.1, -0.05) is 18.2 Å². The Kier molecular flexibility index (Phi) is 5.15. The van der Waals surface area contributed by atoms with Crippen LogP contribution < -0.4 is 16.8 Å². The van der Waals surface area contributed by atoms with Crippen LogP contribution in [-0.4, -0.2) is 45.8 Å². The van der Waals surface area contributed by atoms with Crippen molar-refractivity contribution in [2.24, 2.45) is 16.5 Å². The topological polar surface area (TPSA) is 137 Å². The molecular formula is C20H21FN8O2. The van der Waals surface area contributed by atoms with E-state index >= 15 is 0 Å². The molecule has 31 heavy (non-hydrogen) atoms. The van der Waals surface area contributed by atoms with E-state index < -0.39 is 12.3 Å². The number of nitrogens with two attached hydrogens (primary N) is 2. The quantitative estimate of drug-likeness (QED) is 0.576. The molecule has 160 valence electrons. The molecule has 1 aliphatic heterocycles. The number of nitrogens with one attached hydrogen (secondary N) is 1. The Labute approximate surface area is 177 Å². The van der Waals surface area contributed by atoms with Crippen molar-refractivity contribution in [2.45, 2.75) is 12.7 Å². The van der Waals surface area contributed by atoms with Gasteiger partial charge in [-0.3, -0.25) is 4.90 Å². The van der Waals surface area contributed by atoms with Gasteiger partial charge in [0.1, 0.15) is 28.9 Å². The predicted octanol–water partition coefficient (Wildman–Crippen LogP) is 1.40. The summed E-state index contributed by atoms with van der Waals surface area (Å²) in [5.41, 5.74) is 14.0. The molecule has 1 aliphatic rings. The average molecular weight is 424 g/mol. The number of carbonyl (C=O) groups is 1. The first-order valence-electron chi connectivity index (χ1n) is 9.37. The third-order valence-electron chi connectivity index (χ3n) is 4.91. The summed E-state index contributed by atoms with van der Waals surface area (Å²) in [5, 5.41) is 8.35. The zero-order valence-electron chi connectivity index (χ0n) is 16.9. The minimum absolute atomic E-state index is 0.0508. The number of aliphatic imine (C=N–C) groups is 1. The van der Waals surface area contributed by atoms with Gasteiger partial charge in [0.15, 0.2) is 11.8 Å². The van der Waals surface area contributed by atoms with Crippen LogP contribution in [0, 0.1) is 5.82 Å². The second-order valence-electron chi connectivity index (χ2n) is 6.86. The van der Waals surface area contributed by atoms with E-state index in [0.29, 0.717) is 22.3 Å². The smallest absolute Gasteiger partial charge is 0.413 e. The number of amides is 1. The van der Waals surface area contributed by atoms with Gasteiger partial charge in [0, 0.05) is 24.2 Å². The monoisotopic (exact) mass is 424 g/mol. The number of fused-ring (bicyclic) bond motifs is 1. The van der Waals surface area contributed by atoms with Crippen molar-refractivity contribution < 1.29 is 13.9 Å².